The summed E-state index contributed by atoms with van der Waals surface area (Å²) in [5.41, 5.74) is 0. The molecule has 0 rings (SSSR count). The SMILES string of the molecule is COC(=O)C(Cl)=C[O-].[K+]. The van der Waals surface area contributed by atoms with E-state index in [1.165, 1.54) is 0 Å². The van der Waals surface area contributed by atoms with E-state index < -0.39 is 11.0 Å². The number of ether oxygens (including phenoxy) is 1. The van der Waals surface area contributed by atoms with Crippen molar-refractivity contribution < 1.29 is 66.0 Å². The molecule has 0 aromatic carbocycles. The van der Waals surface area contributed by atoms with Gasteiger partial charge in [0.15, 0.2) is 0 Å². The summed E-state index contributed by atoms with van der Waals surface area (Å²) < 4.78 is 4.06. The number of hydrogen-bond donors (Lipinski definition) is 0. The minimum absolute atomic E-state index is 0. The van der Waals surface area contributed by atoms with Crippen molar-refractivity contribution in [2.45, 2.75) is 0 Å². The molecule has 3 nitrogen and oxygen atoms in total. The molecule has 0 unspecified atom stereocenters. The predicted molar refractivity (Wildman–Crippen MR) is 26.0 cm³/mol. The first kappa shape index (κ1) is 12.6. The van der Waals surface area contributed by atoms with Gasteiger partial charge in [-0.1, -0.05) is 11.6 Å². The van der Waals surface area contributed by atoms with Crippen LogP contribution in [0.1, 0.15) is 0 Å². The van der Waals surface area contributed by atoms with Gasteiger partial charge in [0.1, 0.15) is 5.03 Å². The Morgan fingerprint density at radius 3 is 2.33 bits per heavy atom. The summed E-state index contributed by atoms with van der Waals surface area (Å²) in [6.07, 6.45) is 0.230. The van der Waals surface area contributed by atoms with Crippen molar-refractivity contribution in [1.82, 2.24) is 0 Å². The average molecular weight is 175 g/mol. The molecule has 0 amide bonds. The number of carbonyl (C=O) groups excluding carboxylic acids is 1. The Bertz CT molecular complexity index is 123. The Kier molecular flexibility index (Phi) is 9.87. The average Bonchev–Trinajstić information content (AvgIpc) is 1.84. The van der Waals surface area contributed by atoms with Gasteiger partial charge in [0.05, 0.1) is 7.11 Å². The van der Waals surface area contributed by atoms with Gasteiger partial charge in [-0.05, 0) is 0 Å². The maximum atomic E-state index is 10.1. The van der Waals surface area contributed by atoms with Crippen molar-refractivity contribution in [3.63, 3.8) is 0 Å². The third-order valence-electron chi connectivity index (χ3n) is 0.484. The van der Waals surface area contributed by atoms with E-state index in [0.717, 1.165) is 7.11 Å². The van der Waals surface area contributed by atoms with Crippen molar-refractivity contribution in [3.8, 4) is 0 Å². The van der Waals surface area contributed by atoms with Gasteiger partial charge in [0.2, 0.25) is 0 Å². The van der Waals surface area contributed by atoms with Gasteiger partial charge in [0.25, 0.3) is 0 Å². The van der Waals surface area contributed by atoms with Crippen molar-refractivity contribution in [2.24, 2.45) is 0 Å². The number of carbonyl (C=O) groups is 1. The zero-order valence-electron chi connectivity index (χ0n) is 5.18. The van der Waals surface area contributed by atoms with Crippen LogP contribution in [0, 0.1) is 0 Å². The molecule has 9 heavy (non-hydrogen) atoms. The van der Waals surface area contributed by atoms with E-state index in [-0.39, 0.29) is 57.6 Å². The van der Waals surface area contributed by atoms with Crippen molar-refractivity contribution >= 4 is 17.6 Å². The molecule has 0 heterocycles. The van der Waals surface area contributed by atoms with Crippen LogP contribution in [-0.2, 0) is 9.53 Å². The number of halogens is 1. The third-order valence-corrected chi connectivity index (χ3v) is 0.727. The van der Waals surface area contributed by atoms with Crippen molar-refractivity contribution in [1.29, 1.82) is 0 Å². The Balaban J connectivity index is 0. The second-order valence-corrected chi connectivity index (χ2v) is 1.36. The van der Waals surface area contributed by atoms with E-state index in [4.69, 9.17) is 11.6 Å². The molecular formula is C4H4ClKO3. The van der Waals surface area contributed by atoms with E-state index >= 15 is 0 Å². The molecule has 0 N–H and O–H groups in total. The summed E-state index contributed by atoms with van der Waals surface area (Å²) in [4.78, 5) is 10.1. The summed E-state index contributed by atoms with van der Waals surface area (Å²) >= 11 is 4.99. The number of methoxy groups -OCH3 is 1. The molecule has 0 bridgehead atoms. The molecule has 0 aliphatic carbocycles. The van der Waals surface area contributed by atoms with E-state index in [0.29, 0.717) is 0 Å². The van der Waals surface area contributed by atoms with Crippen LogP contribution in [0.15, 0.2) is 11.3 Å². The first-order chi connectivity index (χ1) is 3.72. The van der Waals surface area contributed by atoms with E-state index in [1.807, 2.05) is 0 Å². The molecule has 0 aromatic rings. The van der Waals surface area contributed by atoms with Gasteiger partial charge >= 0.3 is 57.4 Å². The molecule has 5 heteroatoms. The zero-order valence-corrected chi connectivity index (χ0v) is 9.06. The second kappa shape index (κ2) is 7.05. The van der Waals surface area contributed by atoms with Crippen LogP contribution in [0.3, 0.4) is 0 Å². The van der Waals surface area contributed by atoms with Crippen LogP contribution < -0.4 is 56.5 Å². The topological polar surface area (TPSA) is 49.4 Å². The summed E-state index contributed by atoms with van der Waals surface area (Å²) in [6, 6.07) is 0. The summed E-state index contributed by atoms with van der Waals surface area (Å²) in [5.74, 6) is -0.804. The fraction of sp³-hybridized carbons (Fsp3) is 0.250. The van der Waals surface area contributed by atoms with Crippen molar-refractivity contribution in [3.05, 3.63) is 11.3 Å². The van der Waals surface area contributed by atoms with Crippen LogP contribution in [0.4, 0.5) is 0 Å². The summed E-state index contributed by atoms with van der Waals surface area (Å²) in [5, 5.41) is 9.20. The first-order valence-electron chi connectivity index (χ1n) is 1.78. The summed E-state index contributed by atoms with van der Waals surface area (Å²) in [6.45, 7) is 0. The fourth-order valence-corrected chi connectivity index (χ4v) is 0.223. The standard InChI is InChI=1S/C4H5ClO3.K/c1-8-4(7)3(5)2-6;/h2,6H,1H3;/q;+1/p-1. The maximum Gasteiger partial charge on any atom is 1.00 e. The largest absolute Gasteiger partial charge is 1.00 e. The first-order valence-corrected chi connectivity index (χ1v) is 2.16. The smallest absolute Gasteiger partial charge is 0.877 e. The van der Waals surface area contributed by atoms with Crippen LogP contribution >= 0.6 is 11.6 Å². The third kappa shape index (κ3) is 5.38. The van der Waals surface area contributed by atoms with Crippen LogP contribution in [0.5, 0.6) is 0 Å². The van der Waals surface area contributed by atoms with Gasteiger partial charge < -0.3 is 9.84 Å². The molecule has 0 aliphatic heterocycles. The summed E-state index contributed by atoms with van der Waals surface area (Å²) in [7, 11) is 1.15. The quantitative estimate of drug-likeness (QED) is 0.180. The molecule has 0 radical (unpaired) electrons. The van der Waals surface area contributed by atoms with Gasteiger partial charge in [-0.25, -0.2) is 4.79 Å². The van der Waals surface area contributed by atoms with Gasteiger partial charge in [-0.15, -0.1) is 6.26 Å². The van der Waals surface area contributed by atoms with E-state index in [1.54, 1.807) is 0 Å². The normalized spacial score (nSPS) is 9.78. The Labute approximate surface area is 100 Å². The number of hydrogen-bond acceptors (Lipinski definition) is 3. The molecular weight excluding hydrogens is 171 g/mol. The van der Waals surface area contributed by atoms with E-state index in [9.17, 15) is 9.90 Å². The Hall–Kier alpha value is 0.936. The minimum atomic E-state index is -0.804. The van der Waals surface area contributed by atoms with Gasteiger partial charge in [-0.3, -0.25) is 0 Å². The molecule has 0 atom stereocenters. The molecule has 0 spiro atoms. The second-order valence-electron chi connectivity index (χ2n) is 0.957. The van der Waals surface area contributed by atoms with Gasteiger partial charge in [0, 0.05) is 0 Å². The molecule has 0 saturated carbocycles. The molecule has 0 saturated heterocycles. The molecule has 0 aromatic heterocycles. The van der Waals surface area contributed by atoms with Crippen LogP contribution in [0.2, 0.25) is 0 Å². The van der Waals surface area contributed by atoms with Crippen LogP contribution in [0.25, 0.3) is 0 Å². The van der Waals surface area contributed by atoms with Crippen LogP contribution in [-0.4, -0.2) is 13.1 Å². The maximum absolute atomic E-state index is 10.1. The predicted octanol–water partition coefficient (Wildman–Crippen LogP) is -3.40. The fourth-order valence-electron chi connectivity index (χ4n) is 0.146. The minimum Gasteiger partial charge on any atom is -0.877 e. The monoisotopic (exact) mass is 174 g/mol. The van der Waals surface area contributed by atoms with E-state index in [2.05, 4.69) is 4.74 Å². The molecule has 0 fully saturated rings. The van der Waals surface area contributed by atoms with Gasteiger partial charge in [-0.2, -0.15) is 0 Å². The Morgan fingerprint density at radius 2 is 2.22 bits per heavy atom. The zero-order chi connectivity index (χ0) is 6.57. The number of esters is 1. The molecule has 0 aliphatic rings. The molecule has 46 valence electrons. The number of rotatable bonds is 1. The van der Waals surface area contributed by atoms with Crippen molar-refractivity contribution in [2.75, 3.05) is 7.11 Å². The Morgan fingerprint density at radius 1 is 1.78 bits per heavy atom.